The van der Waals surface area contributed by atoms with Gasteiger partial charge in [-0.15, -0.1) is 0 Å². The number of nitrogens with two attached hydrogens (primary N) is 1. The summed E-state index contributed by atoms with van der Waals surface area (Å²) in [7, 11) is 0. The molecular formula is C12H8BrN5. The maximum Gasteiger partial charge on any atom is 0.177 e. The number of hydrogen-bond acceptors (Lipinski definition) is 4. The standard InChI is InChI=1S/C12H8BrN5/c13-9-1-2-11(8(3-9)4-14)18-7-17-10(5-15)12(18)6-16/h1-3,7H,4,14H2. The molecule has 1 aromatic heterocycles. The van der Waals surface area contributed by atoms with E-state index in [-0.39, 0.29) is 11.4 Å². The summed E-state index contributed by atoms with van der Waals surface area (Å²) >= 11 is 3.37. The molecule has 0 unspecified atom stereocenters. The van der Waals surface area contributed by atoms with Crippen LogP contribution in [0.4, 0.5) is 0 Å². The highest BCUT2D eigenvalue weighted by Gasteiger charge is 2.13. The van der Waals surface area contributed by atoms with Gasteiger partial charge in [0.05, 0.1) is 5.69 Å². The van der Waals surface area contributed by atoms with Crippen molar-refractivity contribution in [2.24, 2.45) is 5.73 Å². The van der Waals surface area contributed by atoms with Gasteiger partial charge in [-0.25, -0.2) is 4.98 Å². The Bertz CT molecular complexity index is 675. The summed E-state index contributed by atoms with van der Waals surface area (Å²) in [5.74, 6) is 0. The first-order chi connectivity index (χ1) is 8.71. The normalized spacial score (nSPS) is 9.78. The van der Waals surface area contributed by atoms with Gasteiger partial charge in [-0.3, -0.25) is 4.57 Å². The molecule has 0 saturated heterocycles. The minimum atomic E-state index is 0.114. The van der Waals surface area contributed by atoms with Gasteiger partial charge in [-0.05, 0) is 23.8 Å². The van der Waals surface area contributed by atoms with Gasteiger partial charge in [0, 0.05) is 11.0 Å². The summed E-state index contributed by atoms with van der Waals surface area (Å²) in [5.41, 5.74) is 7.64. The molecule has 0 aliphatic rings. The van der Waals surface area contributed by atoms with E-state index in [1.54, 1.807) is 4.57 Å². The van der Waals surface area contributed by atoms with E-state index in [2.05, 4.69) is 20.9 Å². The van der Waals surface area contributed by atoms with Gasteiger partial charge in [0.15, 0.2) is 11.4 Å². The topological polar surface area (TPSA) is 91.4 Å². The molecule has 0 atom stereocenters. The second kappa shape index (κ2) is 5.01. The van der Waals surface area contributed by atoms with E-state index in [9.17, 15) is 0 Å². The van der Waals surface area contributed by atoms with Crippen LogP contribution in [-0.2, 0) is 6.54 Å². The molecule has 0 aliphatic heterocycles. The number of nitriles is 2. The van der Waals surface area contributed by atoms with E-state index < -0.39 is 0 Å². The molecule has 0 spiro atoms. The molecule has 18 heavy (non-hydrogen) atoms. The van der Waals surface area contributed by atoms with Crippen LogP contribution in [0.3, 0.4) is 0 Å². The SMILES string of the molecule is N#Cc1ncn(-c2ccc(Br)cc2CN)c1C#N. The van der Waals surface area contributed by atoms with Crippen molar-refractivity contribution in [3.8, 4) is 17.8 Å². The number of nitrogens with zero attached hydrogens (tertiary/aromatic N) is 4. The number of rotatable bonds is 2. The minimum absolute atomic E-state index is 0.114. The van der Waals surface area contributed by atoms with Crippen LogP contribution in [-0.4, -0.2) is 9.55 Å². The monoisotopic (exact) mass is 301 g/mol. The Hall–Kier alpha value is -2.15. The molecule has 0 saturated carbocycles. The van der Waals surface area contributed by atoms with Crippen molar-refractivity contribution in [1.29, 1.82) is 10.5 Å². The highest BCUT2D eigenvalue weighted by atomic mass is 79.9. The van der Waals surface area contributed by atoms with Gasteiger partial charge in [0.1, 0.15) is 18.5 Å². The van der Waals surface area contributed by atoms with E-state index in [0.717, 1.165) is 15.7 Å². The first-order valence-electron chi connectivity index (χ1n) is 5.07. The van der Waals surface area contributed by atoms with Gasteiger partial charge < -0.3 is 5.73 Å². The van der Waals surface area contributed by atoms with Gasteiger partial charge in [-0.2, -0.15) is 10.5 Å². The van der Waals surface area contributed by atoms with Crippen molar-refractivity contribution < 1.29 is 0 Å². The van der Waals surface area contributed by atoms with Crippen LogP contribution in [0.1, 0.15) is 17.0 Å². The summed E-state index contributed by atoms with van der Waals surface area (Å²) in [4.78, 5) is 3.91. The second-order valence-electron chi connectivity index (χ2n) is 3.51. The zero-order valence-electron chi connectivity index (χ0n) is 9.26. The van der Waals surface area contributed by atoms with Crippen molar-refractivity contribution in [3.05, 3.63) is 46.0 Å². The number of hydrogen-bond donors (Lipinski definition) is 1. The third-order valence-electron chi connectivity index (χ3n) is 2.50. The number of halogens is 1. The summed E-state index contributed by atoms with van der Waals surface area (Å²) in [5, 5.41) is 18.0. The summed E-state index contributed by atoms with van der Waals surface area (Å²) in [6.45, 7) is 0.333. The molecule has 0 aliphatic carbocycles. The predicted octanol–water partition coefficient (Wildman–Crippen LogP) is 1.84. The van der Waals surface area contributed by atoms with E-state index in [0.29, 0.717) is 6.54 Å². The van der Waals surface area contributed by atoms with E-state index >= 15 is 0 Å². The largest absolute Gasteiger partial charge is 0.326 e. The number of aromatic nitrogens is 2. The third kappa shape index (κ3) is 2.00. The molecule has 0 bridgehead atoms. The smallest absolute Gasteiger partial charge is 0.177 e. The average molecular weight is 302 g/mol. The molecule has 0 radical (unpaired) electrons. The number of benzene rings is 1. The van der Waals surface area contributed by atoms with Crippen molar-refractivity contribution in [3.63, 3.8) is 0 Å². The van der Waals surface area contributed by atoms with Gasteiger partial charge in [-0.1, -0.05) is 15.9 Å². The van der Waals surface area contributed by atoms with Crippen molar-refractivity contribution >= 4 is 15.9 Å². The average Bonchev–Trinajstić information content (AvgIpc) is 2.81. The van der Waals surface area contributed by atoms with E-state index in [1.807, 2.05) is 30.3 Å². The van der Waals surface area contributed by atoms with Gasteiger partial charge >= 0.3 is 0 Å². The van der Waals surface area contributed by atoms with Crippen LogP contribution in [0.15, 0.2) is 29.0 Å². The predicted molar refractivity (Wildman–Crippen MR) is 68.6 cm³/mol. The third-order valence-corrected chi connectivity index (χ3v) is 2.99. The lowest BCUT2D eigenvalue weighted by Gasteiger charge is -2.09. The van der Waals surface area contributed by atoms with Crippen LogP contribution in [0.5, 0.6) is 0 Å². The fraction of sp³-hybridized carbons (Fsp3) is 0.0833. The second-order valence-corrected chi connectivity index (χ2v) is 4.43. The Morgan fingerprint density at radius 2 is 2.11 bits per heavy atom. The highest BCUT2D eigenvalue weighted by molar-refractivity contribution is 9.10. The molecule has 0 fully saturated rings. The zero-order valence-corrected chi connectivity index (χ0v) is 10.8. The van der Waals surface area contributed by atoms with Crippen molar-refractivity contribution in [1.82, 2.24) is 9.55 Å². The minimum Gasteiger partial charge on any atom is -0.326 e. The Morgan fingerprint density at radius 3 is 2.72 bits per heavy atom. The Labute approximate surface area is 112 Å². The molecule has 2 N–H and O–H groups in total. The molecule has 1 heterocycles. The molecular weight excluding hydrogens is 294 g/mol. The van der Waals surface area contributed by atoms with Crippen LogP contribution in [0.25, 0.3) is 5.69 Å². The lowest BCUT2D eigenvalue weighted by molar-refractivity contribution is 0.970. The molecule has 5 nitrogen and oxygen atoms in total. The maximum atomic E-state index is 9.10. The fourth-order valence-corrected chi connectivity index (χ4v) is 2.08. The molecule has 88 valence electrons. The molecule has 2 aromatic rings. The Kier molecular flexibility index (Phi) is 3.42. The van der Waals surface area contributed by atoms with Crippen LogP contribution in [0.2, 0.25) is 0 Å². The maximum absolute atomic E-state index is 9.10. The Morgan fingerprint density at radius 1 is 1.33 bits per heavy atom. The van der Waals surface area contributed by atoms with Crippen LogP contribution < -0.4 is 5.73 Å². The summed E-state index contributed by atoms with van der Waals surface area (Å²) in [6, 6.07) is 9.43. The fourth-order valence-electron chi connectivity index (χ4n) is 1.67. The Balaban J connectivity index is 2.67. The number of imidazole rings is 1. The lowest BCUT2D eigenvalue weighted by Crippen LogP contribution is -2.05. The highest BCUT2D eigenvalue weighted by Crippen LogP contribution is 2.22. The molecule has 6 heteroatoms. The van der Waals surface area contributed by atoms with Gasteiger partial charge in [0.25, 0.3) is 0 Å². The van der Waals surface area contributed by atoms with Gasteiger partial charge in [0.2, 0.25) is 0 Å². The molecule has 1 aromatic carbocycles. The lowest BCUT2D eigenvalue weighted by atomic mass is 10.1. The molecule has 0 amide bonds. The van der Waals surface area contributed by atoms with Crippen LogP contribution >= 0.6 is 15.9 Å². The zero-order chi connectivity index (χ0) is 13.1. The van der Waals surface area contributed by atoms with Crippen molar-refractivity contribution in [2.75, 3.05) is 0 Å². The molecule has 2 rings (SSSR count). The summed E-state index contributed by atoms with van der Waals surface area (Å²) < 4.78 is 2.48. The van der Waals surface area contributed by atoms with Crippen molar-refractivity contribution in [2.45, 2.75) is 6.54 Å². The first-order valence-corrected chi connectivity index (χ1v) is 5.87. The van der Waals surface area contributed by atoms with E-state index in [1.165, 1.54) is 6.33 Å². The first kappa shape index (κ1) is 12.3. The van der Waals surface area contributed by atoms with E-state index in [4.69, 9.17) is 16.3 Å². The van der Waals surface area contributed by atoms with Crippen LogP contribution in [0, 0.1) is 22.7 Å². The quantitative estimate of drug-likeness (QED) is 0.916. The summed E-state index contributed by atoms with van der Waals surface area (Å²) in [6.07, 6.45) is 1.46.